The van der Waals surface area contributed by atoms with Gasteiger partial charge in [-0.2, -0.15) is 0 Å². The molecule has 3 nitrogen and oxygen atoms in total. The van der Waals surface area contributed by atoms with E-state index < -0.39 is 0 Å². The maximum absolute atomic E-state index is 8.22. The quantitative estimate of drug-likeness (QED) is 0.444. The lowest BCUT2D eigenvalue weighted by molar-refractivity contribution is 0.430. The molecule has 1 saturated heterocycles. The van der Waals surface area contributed by atoms with Crippen LogP contribution >= 0.6 is 0 Å². The molecule has 0 amide bonds. The minimum Gasteiger partial charge on any atom is -0.341 e. The van der Waals surface area contributed by atoms with Crippen LogP contribution in [0.25, 0.3) is 0 Å². The van der Waals surface area contributed by atoms with Crippen LogP contribution in [0.1, 0.15) is 90.9 Å². The molecule has 1 N–H and O–H groups in total. The average molecular weight is 310 g/mol. The highest BCUT2D eigenvalue weighted by Crippen LogP contribution is 2.13. The Labute approximate surface area is 139 Å². The number of nitrogens with zero attached hydrogens (tertiary/aromatic N) is 2. The lowest BCUT2D eigenvalue weighted by atomic mass is 10.1. The van der Waals surface area contributed by atoms with Gasteiger partial charge in [-0.15, -0.1) is 0 Å². The molecule has 22 heavy (non-hydrogen) atoms. The van der Waals surface area contributed by atoms with Gasteiger partial charge in [-0.25, -0.2) is 0 Å². The first-order chi connectivity index (χ1) is 10.8. The van der Waals surface area contributed by atoms with Crippen molar-refractivity contribution in [1.29, 1.82) is 5.41 Å². The van der Waals surface area contributed by atoms with Crippen molar-refractivity contribution in [3.05, 3.63) is 0 Å². The summed E-state index contributed by atoms with van der Waals surface area (Å²) in [5, 5.41) is 8.22. The summed E-state index contributed by atoms with van der Waals surface area (Å²) in [5.41, 5.74) is 0. The second kappa shape index (κ2) is 12.8. The van der Waals surface area contributed by atoms with Gasteiger partial charge in [0.25, 0.3) is 0 Å². The molecule has 1 aliphatic heterocycles. The fraction of sp³-hybridized carbons (Fsp3) is 0.947. The van der Waals surface area contributed by atoms with E-state index in [0.29, 0.717) is 0 Å². The number of nitrogens with one attached hydrogen (secondary N) is 1. The lowest BCUT2D eigenvalue weighted by Crippen LogP contribution is -2.33. The van der Waals surface area contributed by atoms with Gasteiger partial charge in [0.05, 0.1) is 0 Å². The Hall–Kier alpha value is -0.730. The first kappa shape index (κ1) is 19.3. The summed E-state index contributed by atoms with van der Waals surface area (Å²) in [7, 11) is 0. The highest BCUT2D eigenvalue weighted by molar-refractivity contribution is 5.78. The third-order valence-electron chi connectivity index (χ3n) is 4.80. The van der Waals surface area contributed by atoms with Gasteiger partial charge in [-0.05, 0) is 12.8 Å². The number of hydrogen-bond donors (Lipinski definition) is 1. The molecule has 0 bridgehead atoms. The van der Waals surface area contributed by atoms with E-state index >= 15 is 0 Å². The number of rotatable bonds is 14. The van der Waals surface area contributed by atoms with Gasteiger partial charge in [-0.3, -0.25) is 5.41 Å². The van der Waals surface area contributed by atoms with E-state index in [-0.39, 0.29) is 0 Å². The molecule has 1 aliphatic rings. The van der Waals surface area contributed by atoms with Crippen molar-refractivity contribution < 1.29 is 0 Å². The summed E-state index contributed by atoms with van der Waals surface area (Å²) in [4.78, 5) is 4.53. The molecule has 0 unspecified atom stereocenters. The molecule has 0 aromatic rings. The fourth-order valence-corrected chi connectivity index (χ4v) is 3.23. The van der Waals surface area contributed by atoms with E-state index in [4.69, 9.17) is 5.41 Å². The minimum absolute atomic E-state index is 0.782. The van der Waals surface area contributed by atoms with E-state index in [0.717, 1.165) is 32.1 Å². The molecule has 0 aromatic carbocycles. The SMILES string of the molecule is CCCCCCCCCCCCN1CCN(CCCC)C1=N. The highest BCUT2D eigenvalue weighted by Gasteiger charge is 2.23. The Kier molecular flexibility index (Phi) is 11.2. The standard InChI is InChI=1S/C19H39N3/c1-3-5-7-8-9-10-11-12-13-14-16-22-18-17-21(19(22)20)15-6-4-2/h20H,3-18H2,1-2H3. The molecule has 0 radical (unpaired) electrons. The van der Waals surface area contributed by atoms with Crippen LogP contribution in [0.5, 0.6) is 0 Å². The van der Waals surface area contributed by atoms with Gasteiger partial charge < -0.3 is 9.80 Å². The Bertz CT molecular complexity index is 278. The van der Waals surface area contributed by atoms with Crippen molar-refractivity contribution in [3.8, 4) is 0 Å². The topological polar surface area (TPSA) is 30.3 Å². The predicted molar refractivity (Wildman–Crippen MR) is 97.6 cm³/mol. The second-order valence-corrected chi connectivity index (χ2v) is 6.83. The van der Waals surface area contributed by atoms with Crippen LogP contribution in [-0.4, -0.2) is 41.9 Å². The maximum Gasteiger partial charge on any atom is 0.193 e. The van der Waals surface area contributed by atoms with Crippen LogP contribution in [0, 0.1) is 5.41 Å². The smallest absolute Gasteiger partial charge is 0.193 e. The van der Waals surface area contributed by atoms with Crippen molar-refractivity contribution in [2.24, 2.45) is 0 Å². The Balaban J connectivity index is 1.91. The molecule has 3 heteroatoms. The van der Waals surface area contributed by atoms with Crippen LogP contribution in [-0.2, 0) is 0 Å². The van der Waals surface area contributed by atoms with Crippen LogP contribution in [0.2, 0.25) is 0 Å². The van der Waals surface area contributed by atoms with E-state index in [1.807, 2.05) is 0 Å². The van der Waals surface area contributed by atoms with Crippen molar-refractivity contribution >= 4 is 5.96 Å². The Morgan fingerprint density at radius 3 is 1.55 bits per heavy atom. The monoisotopic (exact) mass is 309 g/mol. The summed E-state index contributed by atoms with van der Waals surface area (Å²) in [6.07, 6.45) is 16.3. The number of guanidine groups is 1. The van der Waals surface area contributed by atoms with Gasteiger partial charge in [0.1, 0.15) is 0 Å². The van der Waals surface area contributed by atoms with E-state index in [1.165, 1.54) is 77.0 Å². The highest BCUT2D eigenvalue weighted by atomic mass is 15.4. The molecule has 0 atom stereocenters. The van der Waals surface area contributed by atoms with Crippen LogP contribution in [0.15, 0.2) is 0 Å². The first-order valence-electron chi connectivity index (χ1n) is 9.88. The lowest BCUT2D eigenvalue weighted by Gasteiger charge is -2.21. The van der Waals surface area contributed by atoms with Crippen molar-refractivity contribution in [1.82, 2.24) is 9.80 Å². The summed E-state index contributed by atoms with van der Waals surface area (Å²) in [6, 6.07) is 0. The molecule has 1 rings (SSSR count). The van der Waals surface area contributed by atoms with E-state index in [1.54, 1.807) is 0 Å². The van der Waals surface area contributed by atoms with Crippen molar-refractivity contribution in [3.63, 3.8) is 0 Å². The molecule has 0 spiro atoms. The molecule has 1 fully saturated rings. The minimum atomic E-state index is 0.782. The molecule has 130 valence electrons. The third kappa shape index (κ3) is 8.05. The van der Waals surface area contributed by atoms with Crippen molar-refractivity contribution in [2.75, 3.05) is 26.2 Å². The molecule has 0 saturated carbocycles. The predicted octanol–water partition coefficient (Wildman–Crippen LogP) is 5.26. The molecule has 1 heterocycles. The van der Waals surface area contributed by atoms with Crippen LogP contribution in [0.4, 0.5) is 0 Å². The third-order valence-corrected chi connectivity index (χ3v) is 4.80. The molecular weight excluding hydrogens is 270 g/mol. The summed E-state index contributed by atoms with van der Waals surface area (Å²) >= 11 is 0. The van der Waals surface area contributed by atoms with Gasteiger partial charge in [0.15, 0.2) is 5.96 Å². The van der Waals surface area contributed by atoms with Crippen LogP contribution < -0.4 is 0 Å². The number of hydrogen-bond acceptors (Lipinski definition) is 1. The Morgan fingerprint density at radius 2 is 1.05 bits per heavy atom. The zero-order valence-corrected chi connectivity index (χ0v) is 15.2. The van der Waals surface area contributed by atoms with E-state index in [2.05, 4.69) is 23.6 Å². The summed E-state index contributed by atoms with van der Waals surface area (Å²) < 4.78 is 0. The van der Waals surface area contributed by atoms with Gasteiger partial charge >= 0.3 is 0 Å². The molecule has 0 aliphatic carbocycles. The molecular formula is C19H39N3. The van der Waals surface area contributed by atoms with E-state index in [9.17, 15) is 0 Å². The van der Waals surface area contributed by atoms with Gasteiger partial charge in [-0.1, -0.05) is 78.1 Å². The van der Waals surface area contributed by atoms with Gasteiger partial charge in [0, 0.05) is 26.2 Å². The first-order valence-corrected chi connectivity index (χ1v) is 9.88. The van der Waals surface area contributed by atoms with Crippen LogP contribution in [0.3, 0.4) is 0 Å². The zero-order chi connectivity index (χ0) is 16.0. The summed E-state index contributed by atoms with van der Waals surface area (Å²) in [6.45, 7) is 8.81. The molecule has 0 aromatic heterocycles. The van der Waals surface area contributed by atoms with Crippen molar-refractivity contribution in [2.45, 2.75) is 90.9 Å². The Morgan fingerprint density at radius 1 is 0.636 bits per heavy atom. The summed E-state index contributed by atoms with van der Waals surface area (Å²) in [5.74, 6) is 0.782. The second-order valence-electron chi connectivity index (χ2n) is 6.83. The zero-order valence-electron chi connectivity index (χ0n) is 15.2. The average Bonchev–Trinajstić information content (AvgIpc) is 2.87. The fourth-order valence-electron chi connectivity index (χ4n) is 3.23. The largest absolute Gasteiger partial charge is 0.341 e. The number of unbranched alkanes of at least 4 members (excludes halogenated alkanes) is 10. The van der Waals surface area contributed by atoms with Gasteiger partial charge in [0.2, 0.25) is 0 Å². The maximum atomic E-state index is 8.22. The normalized spacial score (nSPS) is 15.1.